The molecule has 1 saturated heterocycles. The van der Waals surface area contributed by atoms with E-state index in [1.165, 1.54) is 19.1 Å². The predicted molar refractivity (Wildman–Crippen MR) is 133 cm³/mol. The van der Waals surface area contributed by atoms with E-state index in [1.807, 2.05) is 17.7 Å². The fraction of sp³-hybridized carbons (Fsp3) is 0.296. The standard InChI is InChI=1S/C27H29N3O6/c1-4-36-21-11-10-18(16-22(21)35-3)24-23(25(31)19-8-5-6-9-20(19)34-2)26(32)27(33)30(24)14-7-13-29-15-12-28-17-29/h5-6,8-12,15-17,24,31H,4,7,13-14H2,1-3H3/b25-23+. The number of ether oxygens (including phenoxy) is 3. The molecule has 0 spiro atoms. The van der Waals surface area contributed by atoms with Gasteiger partial charge in [-0.3, -0.25) is 9.59 Å². The maximum absolute atomic E-state index is 13.3. The zero-order valence-electron chi connectivity index (χ0n) is 20.5. The molecule has 2 heterocycles. The number of aliphatic hydroxyl groups is 1. The van der Waals surface area contributed by atoms with E-state index in [4.69, 9.17) is 14.2 Å². The van der Waals surface area contributed by atoms with Gasteiger partial charge < -0.3 is 28.8 Å². The first kappa shape index (κ1) is 24.8. The number of Topliss-reactive ketones (excluding diaryl/α,β-unsaturated/α-hetero) is 1. The van der Waals surface area contributed by atoms with Gasteiger partial charge in [0.25, 0.3) is 11.7 Å². The molecular formula is C27H29N3O6. The quantitative estimate of drug-likeness (QED) is 0.261. The van der Waals surface area contributed by atoms with Crippen LogP contribution in [0.2, 0.25) is 0 Å². The number of likely N-dealkylation sites (tertiary alicyclic amines) is 1. The van der Waals surface area contributed by atoms with E-state index < -0.39 is 17.7 Å². The highest BCUT2D eigenvalue weighted by Gasteiger charge is 2.46. The van der Waals surface area contributed by atoms with Crippen molar-refractivity contribution in [2.75, 3.05) is 27.4 Å². The summed E-state index contributed by atoms with van der Waals surface area (Å²) >= 11 is 0. The lowest BCUT2D eigenvalue weighted by atomic mass is 9.94. The van der Waals surface area contributed by atoms with Crippen LogP contribution in [0.3, 0.4) is 0 Å². The first-order chi connectivity index (χ1) is 17.5. The topological polar surface area (TPSA) is 103 Å². The summed E-state index contributed by atoms with van der Waals surface area (Å²) in [5.41, 5.74) is 0.950. The van der Waals surface area contributed by atoms with Gasteiger partial charge >= 0.3 is 0 Å². The molecule has 1 N–H and O–H groups in total. The highest BCUT2D eigenvalue weighted by molar-refractivity contribution is 6.46. The van der Waals surface area contributed by atoms with Crippen LogP contribution in [-0.4, -0.2) is 58.6 Å². The molecule has 0 radical (unpaired) electrons. The minimum absolute atomic E-state index is 0.00153. The number of aryl methyl sites for hydroxylation is 1. The van der Waals surface area contributed by atoms with Crippen LogP contribution in [-0.2, 0) is 16.1 Å². The Morgan fingerprint density at radius 2 is 1.81 bits per heavy atom. The summed E-state index contributed by atoms with van der Waals surface area (Å²) < 4.78 is 18.4. The van der Waals surface area contributed by atoms with Crippen molar-refractivity contribution in [3.05, 3.63) is 77.9 Å². The first-order valence-corrected chi connectivity index (χ1v) is 11.7. The summed E-state index contributed by atoms with van der Waals surface area (Å²) in [5.74, 6) is -0.305. The van der Waals surface area contributed by atoms with Gasteiger partial charge in [-0.1, -0.05) is 18.2 Å². The molecule has 4 rings (SSSR count). The van der Waals surface area contributed by atoms with Gasteiger partial charge in [0.2, 0.25) is 0 Å². The molecule has 36 heavy (non-hydrogen) atoms. The van der Waals surface area contributed by atoms with E-state index in [9.17, 15) is 14.7 Å². The third-order valence-electron chi connectivity index (χ3n) is 6.08. The monoisotopic (exact) mass is 491 g/mol. The van der Waals surface area contributed by atoms with E-state index in [0.717, 1.165) is 0 Å². The number of aliphatic hydroxyl groups excluding tert-OH is 1. The van der Waals surface area contributed by atoms with Crippen LogP contribution in [0, 0.1) is 0 Å². The lowest BCUT2D eigenvalue weighted by Crippen LogP contribution is -2.31. The summed E-state index contributed by atoms with van der Waals surface area (Å²) in [6.45, 7) is 3.24. The number of ketones is 1. The Morgan fingerprint density at radius 1 is 1.03 bits per heavy atom. The van der Waals surface area contributed by atoms with Gasteiger partial charge in [-0.05, 0) is 43.2 Å². The molecule has 1 atom stereocenters. The molecule has 1 unspecified atom stereocenters. The molecule has 1 fully saturated rings. The Bertz CT molecular complexity index is 1270. The largest absolute Gasteiger partial charge is 0.507 e. The number of nitrogens with zero attached hydrogens (tertiary/aromatic N) is 3. The zero-order valence-corrected chi connectivity index (χ0v) is 20.5. The molecule has 188 valence electrons. The van der Waals surface area contributed by atoms with E-state index in [-0.39, 0.29) is 11.3 Å². The van der Waals surface area contributed by atoms with Gasteiger partial charge in [0.05, 0.1) is 44.3 Å². The summed E-state index contributed by atoms with van der Waals surface area (Å²) in [5, 5.41) is 11.3. The molecule has 1 aromatic heterocycles. The van der Waals surface area contributed by atoms with Crippen molar-refractivity contribution in [2.45, 2.75) is 25.9 Å². The minimum Gasteiger partial charge on any atom is -0.507 e. The molecule has 1 amide bonds. The van der Waals surface area contributed by atoms with Gasteiger partial charge in [-0.15, -0.1) is 0 Å². The third-order valence-corrected chi connectivity index (χ3v) is 6.08. The zero-order chi connectivity index (χ0) is 25.7. The van der Waals surface area contributed by atoms with Crippen LogP contribution in [0.25, 0.3) is 5.76 Å². The second-order valence-electron chi connectivity index (χ2n) is 8.19. The van der Waals surface area contributed by atoms with Crippen LogP contribution in [0.15, 0.2) is 66.8 Å². The second-order valence-corrected chi connectivity index (χ2v) is 8.19. The minimum atomic E-state index is -0.817. The van der Waals surface area contributed by atoms with E-state index in [0.29, 0.717) is 54.5 Å². The van der Waals surface area contributed by atoms with Crippen molar-refractivity contribution < 1.29 is 28.9 Å². The Kier molecular flexibility index (Phi) is 7.58. The van der Waals surface area contributed by atoms with Crippen LogP contribution in [0.4, 0.5) is 0 Å². The lowest BCUT2D eigenvalue weighted by molar-refractivity contribution is -0.139. The average molecular weight is 492 g/mol. The number of hydrogen-bond donors (Lipinski definition) is 1. The van der Waals surface area contributed by atoms with Gasteiger partial charge in [0, 0.05) is 25.5 Å². The van der Waals surface area contributed by atoms with Gasteiger partial charge in [-0.2, -0.15) is 0 Å². The van der Waals surface area contributed by atoms with E-state index in [2.05, 4.69) is 4.98 Å². The number of methoxy groups -OCH3 is 2. The highest BCUT2D eigenvalue weighted by atomic mass is 16.5. The van der Waals surface area contributed by atoms with Gasteiger partial charge in [-0.25, -0.2) is 4.98 Å². The molecule has 0 saturated carbocycles. The Balaban J connectivity index is 1.80. The third kappa shape index (κ3) is 4.77. The fourth-order valence-corrected chi connectivity index (χ4v) is 4.41. The van der Waals surface area contributed by atoms with Crippen molar-refractivity contribution >= 4 is 17.4 Å². The molecule has 1 aliphatic rings. The number of amides is 1. The Hall–Kier alpha value is -4.27. The van der Waals surface area contributed by atoms with Crippen molar-refractivity contribution in [2.24, 2.45) is 0 Å². The molecule has 9 heteroatoms. The van der Waals surface area contributed by atoms with E-state index >= 15 is 0 Å². The van der Waals surface area contributed by atoms with Crippen molar-refractivity contribution in [1.82, 2.24) is 14.5 Å². The predicted octanol–water partition coefficient (Wildman–Crippen LogP) is 3.81. The number of carbonyl (C=O) groups is 2. The van der Waals surface area contributed by atoms with Gasteiger partial charge in [0.15, 0.2) is 11.5 Å². The Morgan fingerprint density at radius 3 is 2.50 bits per heavy atom. The molecule has 0 bridgehead atoms. The molecule has 2 aromatic carbocycles. The fourth-order valence-electron chi connectivity index (χ4n) is 4.41. The molecular weight excluding hydrogens is 462 g/mol. The van der Waals surface area contributed by atoms with E-state index in [1.54, 1.807) is 55.0 Å². The van der Waals surface area contributed by atoms with Crippen LogP contribution in [0.1, 0.15) is 30.5 Å². The number of para-hydroxylation sites is 1. The van der Waals surface area contributed by atoms with Crippen molar-refractivity contribution in [3.63, 3.8) is 0 Å². The lowest BCUT2D eigenvalue weighted by Gasteiger charge is -2.26. The molecule has 3 aromatic rings. The van der Waals surface area contributed by atoms with Crippen molar-refractivity contribution in [3.8, 4) is 17.2 Å². The number of carbonyl (C=O) groups excluding carboxylic acids is 2. The number of hydrogen-bond acceptors (Lipinski definition) is 7. The summed E-state index contributed by atoms with van der Waals surface area (Å²) in [6, 6.07) is 11.3. The molecule has 0 aliphatic carbocycles. The average Bonchev–Trinajstić information content (AvgIpc) is 3.51. The van der Waals surface area contributed by atoms with Crippen LogP contribution >= 0.6 is 0 Å². The molecule has 9 nitrogen and oxygen atoms in total. The SMILES string of the molecule is CCOc1ccc(C2/C(=C(\O)c3ccccc3OC)C(=O)C(=O)N2CCCn2ccnc2)cc1OC. The second kappa shape index (κ2) is 11.0. The normalized spacial score (nSPS) is 16.9. The number of aromatic nitrogens is 2. The summed E-state index contributed by atoms with van der Waals surface area (Å²) in [4.78, 5) is 32.1. The number of imidazole rings is 1. The van der Waals surface area contributed by atoms with Gasteiger partial charge in [0.1, 0.15) is 11.5 Å². The van der Waals surface area contributed by atoms with Crippen LogP contribution in [0.5, 0.6) is 17.2 Å². The Labute approximate surface area is 209 Å². The number of benzene rings is 2. The maximum Gasteiger partial charge on any atom is 0.295 e. The molecule has 1 aliphatic heterocycles. The smallest absolute Gasteiger partial charge is 0.295 e. The maximum atomic E-state index is 13.3. The van der Waals surface area contributed by atoms with Crippen LogP contribution < -0.4 is 14.2 Å². The van der Waals surface area contributed by atoms with Crippen molar-refractivity contribution in [1.29, 1.82) is 0 Å². The number of rotatable bonds is 10. The first-order valence-electron chi connectivity index (χ1n) is 11.7. The summed E-state index contributed by atoms with van der Waals surface area (Å²) in [7, 11) is 3.01. The highest BCUT2D eigenvalue weighted by Crippen LogP contribution is 2.43. The summed E-state index contributed by atoms with van der Waals surface area (Å²) in [6.07, 6.45) is 5.81.